The molecule has 2 rings (SSSR count). The highest BCUT2D eigenvalue weighted by Crippen LogP contribution is 2.20. The summed E-state index contributed by atoms with van der Waals surface area (Å²) in [6.07, 6.45) is 3.46. The van der Waals surface area contributed by atoms with E-state index in [4.69, 9.17) is 4.74 Å². The Morgan fingerprint density at radius 1 is 1.19 bits per heavy atom. The van der Waals surface area contributed by atoms with Crippen LogP contribution in [0.5, 0.6) is 5.75 Å². The van der Waals surface area contributed by atoms with Crippen molar-refractivity contribution in [1.29, 1.82) is 0 Å². The first kappa shape index (κ1) is 15.4. The fourth-order valence-corrected chi connectivity index (χ4v) is 2.03. The summed E-state index contributed by atoms with van der Waals surface area (Å²) in [5.41, 5.74) is 2.41. The molecule has 0 saturated carbocycles. The second kappa shape index (κ2) is 7.74. The zero-order chi connectivity index (χ0) is 15.1. The van der Waals surface area contributed by atoms with Gasteiger partial charge in [0.15, 0.2) is 5.82 Å². The lowest BCUT2D eigenvalue weighted by Crippen LogP contribution is -2.19. The lowest BCUT2D eigenvalue weighted by Gasteiger charge is -2.13. The third-order valence-corrected chi connectivity index (χ3v) is 3.06. The fourth-order valence-electron chi connectivity index (χ4n) is 2.03. The van der Waals surface area contributed by atoms with Crippen molar-refractivity contribution < 1.29 is 4.74 Å². The van der Waals surface area contributed by atoms with Crippen LogP contribution in [0.1, 0.15) is 30.8 Å². The molecule has 0 fully saturated rings. The van der Waals surface area contributed by atoms with Gasteiger partial charge in [0.1, 0.15) is 12.4 Å². The molecule has 21 heavy (non-hydrogen) atoms. The predicted molar refractivity (Wildman–Crippen MR) is 84.1 cm³/mol. The van der Waals surface area contributed by atoms with E-state index in [0.29, 0.717) is 18.3 Å². The molecule has 112 valence electrons. The summed E-state index contributed by atoms with van der Waals surface area (Å²) in [7, 11) is 0. The summed E-state index contributed by atoms with van der Waals surface area (Å²) in [6, 6.07) is 8.04. The van der Waals surface area contributed by atoms with Gasteiger partial charge in [-0.3, -0.25) is 0 Å². The molecule has 0 radical (unpaired) electrons. The lowest BCUT2D eigenvalue weighted by atomic mass is 10.1. The molecule has 1 aromatic carbocycles. The highest BCUT2D eigenvalue weighted by Gasteiger charge is 2.06. The van der Waals surface area contributed by atoms with Gasteiger partial charge in [0.05, 0.1) is 0 Å². The number of ether oxygens (including phenoxy) is 1. The second-order valence-corrected chi connectivity index (χ2v) is 5.59. The summed E-state index contributed by atoms with van der Waals surface area (Å²) in [5.74, 6) is 2.22. The summed E-state index contributed by atoms with van der Waals surface area (Å²) < 4.78 is 5.87. The molecule has 0 unspecified atom stereocenters. The summed E-state index contributed by atoms with van der Waals surface area (Å²) in [5, 5.41) is 3.46. The van der Waals surface area contributed by atoms with Crippen molar-refractivity contribution in [2.45, 2.75) is 33.9 Å². The van der Waals surface area contributed by atoms with Gasteiger partial charge in [-0.05, 0) is 31.5 Å². The maximum atomic E-state index is 5.87. The van der Waals surface area contributed by atoms with Gasteiger partial charge in [-0.15, -0.1) is 0 Å². The molecule has 0 spiro atoms. The van der Waals surface area contributed by atoms with E-state index in [2.05, 4.69) is 48.2 Å². The van der Waals surface area contributed by atoms with Crippen molar-refractivity contribution in [2.24, 2.45) is 5.92 Å². The number of aromatic nitrogens is 2. The monoisotopic (exact) mass is 285 g/mol. The average molecular weight is 285 g/mol. The standard InChI is InChI=1S/C17H23N3O/c1-13(2)10-18-11-15-9-14(3)5-6-16(15)21-12-17-19-7-4-8-20-17/h4-9,13,18H,10-12H2,1-3H3. The molecule has 0 bridgehead atoms. The van der Waals surface area contributed by atoms with Gasteiger partial charge in [0.2, 0.25) is 0 Å². The van der Waals surface area contributed by atoms with Crippen LogP contribution in [0.15, 0.2) is 36.7 Å². The summed E-state index contributed by atoms with van der Waals surface area (Å²) >= 11 is 0. The summed E-state index contributed by atoms with van der Waals surface area (Å²) in [6.45, 7) is 8.69. The minimum atomic E-state index is 0.390. The van der Waals surface area contributed by atoms with Crippen molar-refractivity contribution in [1.82, 2.24) is 15.3 Å². The smallest absolute Gasteiger partial charge is 0.166 e. The number of rotatable bonds is 7. The molecule has 1 aromatic heterocycles. The molecule has 0 saturated heterocycles. The third-order valence-electron chi connectivity index (χ3n) is 3.06. The molecule has 0 atom stereocenters. The first-order chi connectivity index (χ1) is 10.1. The normalized spacial score (nSPS) is 10.9. The topological polar surface area (TPSA) is 47.0 Å². The predicted octanol–water partition coefficient (Wildman–Crippen LogP) is 3.11. The molecular weight excluding hydrogens is 262 g/mol. The highest BCUT2D eigenvalue weighted by molar-refractivity contribution is 5.36. The van der Waals surface area contributed by atoms with Crippen LogP contribution in [-0.4, -0.2) is 16.5 Å². The van der Waals surface area contributed by atoms with Crippen LogP contribution in [0.2, 0.25) is 0 Å². The van der Waals surface area contributed by atoms with Crippen molar-refractivity contribution >= 4 is 0 Å². The van der Waals surface area contributed by atoms with Crippen LogP contribution in [0.3, 0.4) is 0 Å². The Bertz CT molecular complexity index is 555. The van der Waals surface area contributed by atoms with Gasteiger partial charge in [-0.1, -0.05) is 31.5 Å². The number of hydrogen-bond donors (Lipinski definition) is 1. The Balaban J connectivity index is 2.00. The minimum absolute atomic E-state index is 0.390. The van der Waals surface area contributed by atoms with E-state index >= 15 is 0 Å². The van der Waals surface area contributed by atoms with Gasteiger partial charge in [-0.25, -0.2) is 9.97 Å². The van der Waals surface area contributed by atoms with Crippen LogP contribution in [0, 0.1) is 12.8 Å². The Kier molecular flexibility index (Phi) is 5.69. The van der Waals surface area contributed by atoms with Crippen LogP contribution >= 0.6 is 0 Å². The van der Waals surface area contributed by atoms with Crippen molar-refractivity contribution in [3.63, 3.8) is 0 Å². The van der Waals surface area contributed by atoms with Gasteiger partial charge in [0, 0.05) is 24.5 Å². The minimum Gasteiger partial charge on any atom is -0.485 e. The maximum Gasteiger partial charge on any atom is 0.166 e. The molecule has 4 nitrogen and oxygen atoms in total. The molecule has 4 heteroatoms. The van der Waals surface area contributed by atoms with E-state index in [1.165, 1.54) is 11.1 Å². The molecule has 0 amide bonds. The Labute approximate surface area is 126 Å². The van der Waals surface area contributed by atoms with Gasteiger partial charge >= 0.3 is 0 Å². The van der Waals surface area contributed by atoms with Crippen molar-refractivity contribution in [3.8, 4) is 5.75 Å². The first-order valence-electron chi connectivity index (χ1n) is 7.34. The van der Waals surface area contributed by atoms with E-state index in [1.54, 1.807) is 18.5 Å². The quantitative estimate of drug-likeness (QED) is 0.849. The SMILES string of the molecule is Cc1ccc(OCc2ncccn2)c(CNCC(C)C)c1. The lowest BCUT2D eigenvalue weighted by molar-refractivity contribution is 0.291. The zero-order valence-corrected chi connectivity index (χ0v) is 13.0. The van der Waals surface area contributed by atoms with E-state index in [0.717, 1.165) is 18.8 Å². The Hall–Kier alpha value is -1.94. The molecule has 1 N–H and O–H groups in total. The zero-order valence-electron chi connectivity index (χ0n) is 13.0. The maximum absolute atomic E-state index is 5.87. The molecule has 2 aromatic rings. The van der Waals surface area contributed by atoms with E-state index in [-0.39, 0.29) is 0 Å². The van der Waals surface area contributed by atoms with Crippen LogP contribution in [0.4, 0.5) is 0 Å². The van der Waals surface area contributed by atoms with Crippen molar-refractivity contribution in [3.05, 3.63) is 53.6 Å². The van der Waals surface area contributed by atoms with Crippen LogP contribution in [0.25, 0.3) is 0 Å². The summed E-state index contributed by atoms with van der Waals surface area (Å²) in [4.78, 5) is 8.35. The van der Waals surface area contributed by atoms with Gasteiger partial charge < -0.3 is 10.1 Å². The Morgan fingerprint density at radius 3 is 2.67 bits per heavy atom. The third kappa shape index (κ3) is 5.16. The van der Waals surface area contributed by atoms with E-state index in [9.17, 15) is 0 Å². The van der Waals surface area contributed by atoms with E-state index < -0.39 is 0 Å². The molecule has 1 heterocycles. The number of hydrogen-bond acceptors (Lipinski definition) is 4. The largest absolute Gasteiger partial charge is 0.485 e. The first-order valence-corrected chi connectivity index (χ1v) is 7.34. The highest BCUT2D eigenvalue weighted by atomic mass is 16.5. The van der Waals surface area contributed by atoms with Gasteiger partial charge in [-0.2, -0.15) is 0 Å². The Morgan fingerprint density at radius 2 is 1.95 bits per heavy atom. The number of nitrogens with one attached hydrogen (secondary N) is 1. The fraction of sp³-hybridized carbons (Fsp3) is 0.412. The number of aryl methyl sites for hydroxylation is 1. The van der Waals surface area contributed by atoms with E-state index in [1.807, 2.05) is 6.07 Å². The molecular formula is C17H23N3O. The van der Waals surface area contributed by atoms with Crippen LogP contribution < -0.4 is 10.1 Å². The van der Waals surface area contributed by atoms with Gasteiger partial charge in [0.25, 0.3) is 0 Å². The van der Waals surface area contributed by atoms with Crippen LogP contribution in [-0.2, 0) is 13.2 Å². The molecule has 0 aliphatic heterocycles. The molecule has 0 aliphatic carbocycles. The second-order valence-electron chi connectivity index (χ2n) is 5.59. The molecule has 0 aliphatic rings. The van der Waals surface area contributed by atoms with Crippen molar-refractivity contribution in [2.75, 3.05) is 6.54 Å². The number of benzene rings is 1. The average Bonchev–Trinajstić information content (AvgIpc) is 2.47. The number of nitrogens with zero attached hydrogens (tertiary/aromatic N) is 2.